The zero-order valence-corrected chi connectivity index (χ0v) is 21.4. The summed E-state index contributed by atoms with van der Waals surface area (Å²) >= 11 is 0. The minimum Gasteiger partial charge on any atom is -0.466 e. The number of rotatable bonds is 15. The van der Waals surface area contributed by atoms with Gasteiger partial charge in [-0.2, -0.15) is 0 Å². The number of hydrogen-bond acceptors (Lipinski definition) is 7. The third kappa shape index (κ3) is 8.34. The molecule has 0 aliphatic carbocycles. The van der Waals surface area contributed by atoms with E-state index in [9.17, 15) is 9.90 Å². The van der Waals surface area contributed by atoms with Crippen LogP contribution in [0.5, 0.6) is 0 Å². The van der Waals surface area contributed by atoms with Crippen molar-refractivity contribution >= 4 is 5.97 Å². The number of benzene rings is 3. The number of carbonyl (C=O) groups excluding carboxylic acids is 1. The number of hydrogen-bond donors (Lipinski definition) is 1. The van der Waals surface area contributed by atoms with Crippen molar-refractivity contribution in [3.05, 3.63) is 120 Å². The van der Waals surface area contributed by atoms with Gasteiger partial charge in [0.1, 0.15) is 30.5 Å². The van der Waals surface area contributed by atoms with E-state index in [4.69, 9.17) is 23.7 Å². The fourth-order valence-corrected chi connectivity index (χ4v) is 4.15. The number of methoxy groups -OCH3 is 1. The van der Waals surface area contributed by atoms with Crippen LogP contribution in [0.4, 0.5) is 0 Å². The van der Waals surface area contributed by atoms with Crippen LogP contribution < -0.4 is 0 Å². The lowest BCUT2D eigenvalue weighted by atomic mass is 10.0. The summed E-state index contributed by atoms with van der Waals surface area (Å²) in [6, 6.07) is 29.4. The van der Waals surface area contributed by atoms with Gasteiger partial charge in [0.05, 0.1) is 33.5 Å². The fourth-order valence-electron chi connectivity index (χ4n) is 4.15. The number of aliphatic hydroxyl groups excluding tert-OH is 1. The van der Waals surface area contributed by atoms with E-state index in [1.807, 2.05) is 91.0 Å². The molecule has 1 heterocycles. The van der Waals surface area contributed by atoms with E-state index < -0.39 is 24.3 Å². The quantitative estimate of drug-likeness (QED) is 0.183. The first-order valence-corrected chi connectivity index (χ1v) is 12.7. The van der Waals surface area contributed by atoms with Crippen molar-refractivity contribution in [2.24, 2.45) is 0 Å². The van der Waals surface area contributed by atoms with Crippen LogP contribution in [0, 0.1) is 0 Å². The fraction of sp³-hybridized carbons (Fsp3) is 0.323. The van der Waals surface area contributed by atoms with Gasteiger partial charge >= 0.3 is 5.97 Å². The number of ether oxygens (including phenoxy) is 5. The molecule has 0 amide bonds. The van der Waals surface area contributed by atoms with E-state index in [1.54, 1.807) is 6.08 Å². The molecule has 5 atom stereocenters. The van der Waals surface area contributed by atoms with Crippen LogP contribution in [0.3, 0.4) is 0 Å². The van der Waals surface area contributed by atoms with Gasteiger partial charge in [-0.15, -0.1) is 0 Å². The zero-order valence-electron chi connectivity index (χ0n) is 21.4. The molecular formula is C31H34O7. The van der Waals surface area contributed by atoms with E-state index >= 15 is 0 Å². The number of esters is 1. The maximum atomic E-state index is 12.0. The van der Waals surface area contributed by atoms with Gasteiger partial charge in [-0.05, 0) is 22.8 Å². The van der Waals surface area contributed by atoms with Crippen LogP contribution in [-0.4, -0.2) is 55.3 Å². The van der Waals surface area contributed by atoms with Gasteiger partial charge in [0, 0.05) is 6.08 Å². The molecule has 1 N–H and O–H groups in total. The minimum atomic E-state index is -0.678. The molecule has 1 aliphatic heterocycles. The lowest BCUT2D eigenvalue weighted by molar-refractivity contribution is -0.145. The van der Waals surface area contributed by atoms with Crippen LogP contribution in [0.2, 0.25) is 0 Å². The standard InChI is InChI=1S/C31H34O7/c1-34-28(33)18-17-26(35-20-23-11-5-2-6-12-23)29(36-21-24-13-7-3-8-14-24)31(30-27(19-32)38-30)37-22-25-15-9-4-10-16-25/h2-18,26-27,29-32H,19-22H2,1H3/b18-17+/t26-,27-,29+,30+,31-/m1/s1. The Bertz CT molecular complexity index is 1120. The maximum absolute atomic E-state index is 12.0. The number of aliphatic hydroxyl groups is 1. The number of epoxide rings is 1. The molecule has 38 heavy (non-hydrogen) atoms. The maximum Gasteiger partial charge on any atom is 0.330 e. The minimum absolute atomic E-state index is 0.130. The summed E-state index contributed by atoms with van der Waals surface area (Å²) in [6.07, 6.45) is 0.294. The average Bonchev–Trinajstić information content (AvgIpc) is 3.76. The summed E-state index contributed by atoms with van der Waals surface area (Å²) in [7, 11) is 1.32. The largest absolute Gasteiger partial charge is 0.466 e. The highest BCUT2D eigenvalue weighted by atomic mass is 16.6. The van der Waals surface area contributed by atoms with Crippen molar-refractivity contribution in [2.45, 2.75) is 50.3 Å². The van der Waals surface area contributed by atoms with Crippen LogP contribution in [0.1, 0.15) is 16.7 Å². The molecule has 0 spiro atoms. The molecule has 0 bridgehead atoms. The third-order valence-electron chi connectivity index (χ3n) is 6.25. The Hall–Kier alpha value is -3.33. The van der Waals surface area contributed by atoms with Crippen molar-refractivity contribution < 1.29 is 33.6 Å². The van der Waals surface area contributed by atoms with Crippen molar-refractivity contribution in [3.8, 4) is 0 Å². The Labute approximate surface area is 223 Å². The predicted octanol–water partition coefficient (Wildman–Crippen LogP) is 4.23. The zero-order chi connectivity index (χ0) is 26.6. The Morgan fingerprint density at radius 3 is 1.79 bits per heavy atom. The first-order valence-electron chi connectivity index (χ1n) is 12.7. The summed E-state index contributed by atoms with van der Waals surface area (Å²) in [5.74, 6) is -0.502. The van der Waals surface area contributed by atoms with E-state index in [0.29, 0.717) is 19.8 Å². The van der Waals surface area contributed by atoms with Crippen molar-refractivity contribution in [3.63, 3.8) is 0 Å². The molecule has 0 unspecified atom stereocenters. The summed E-state index contributed by atoms with van der Waals surface area (Å²) in [5, 5.41) is 9.77. The van der Waals surface area contributed by atoms with Crippen LogP contribution in [0.25, 0.3) is 0 Å². The molecule has 200 valence electrons. The van der Waals surface area contributed by atoms with Crippen LogP contribution in [0.15, 0.2) is 103 Å². The van der Waals surface area contributed by atoms with Gasteiger partial charge in [0.25, 0.3) is 0 Å². The highest BCUT2D eigenvalue weighted by Gasteiger charge is 2.50. The van der Waals surface area contributed by atoms with Crippen molar-refractivity contribution in [2.75, 3.05) is 13.7 Å². The van der Waals surface area contributed by atoms with E-state index in [-0.39, 0.29) is 18.8 Å². The Morgan fingerprint density at radius 2 is 1.32 bits per heavy atom. The second kappa shape index (κ2) is 14.6. The molecule has 1 saturated heterocycles. The first-order chi connectivity index (χ1) is 18.7. The highest BCUT2D eigenvalue weighted by Crippen LogP contribution is 2.33. The Balaban J connectivity index is 1.62. The summed E-state index contributed by atoms with van der Waals surface area (Å²) in [4.78, 5) is 12.0. The Morgan fingerprint density at radius 1 is 0.816 bits per heavy atom. The second-order valence-corrected chi connectivity index (χ2v) is 8.99. The monoisotopic (exact) mass is 518 g/mol. The SMILES string of the molecule is COC(=O)/C=C/[C@@H](OCc1ccccc1)[C@H](OCc1ccccc1)[C@@H](OCc1ccccc1)[C@H]1O[C@@H]1CO. The van der Waals surface area contributed by atoms with E-state index in [0.717, 1.165) is 16.7 Å². The lowest BCUT2D eigenvalue weighted by Gasteiger charge is -2.32. The summed E-state index contributed by atoms with van der Waals surface area (Å²) in [6.45, 7) is 0.780. The molecule has 3 aromatic carbocycles. The van der Waals surface area contributed by atoms with Crippen LogP contribution >= 0.6 is 0 Å². The molecule has 0 saturated carbocycles. The molecule has 0 radical (unpaired) electrons. The average molecular weight is 519 g/mol. The topological polar surface area (TPSA) is 86.8 Å². The van der Waals surface area contributed by atoms with Crippen LogP contribution in [-0.2, 0) is 48.3 Å². The molecule has 1 fully saturated rings. The molecule has 7 heteroatoms. The van der Waals surface area contributed by atoms with Gasteiger partial charge in [-0.25, -0.2) is 4.79 Å². The lowest BCUT2D eigenvalue weighted by Crippen LogP contribution is -2.45. The van der Waals surface area contributed by atoms with Gasteiger partial charge in [-0.1, -0.05) is 91.0 Å². The van der Waals surface area contributed by atoms with Gasteiger partial charge < -0.3 is 28.8 Å². The van der Waals surface area contributed by atoms with Gasteiger partial charge in [0.2, 0.25) is 0 Å². The molecular weight excluding hydrogens is 484 g/mol. The molecule has 1 aliphatic rings. The smallest absolute Gasteiger partial charge is 0.330 e. The van der Waals surface area contributed by atoms with Gasteiger partial charge in [-0.3, -0.25) is 0 Å². The molecule has 3 aromatic rings. The molecule has 4 rings (SSSR count). The van der Waals surface area contributed by atoms with Crippen molar-refractivity contribution in [1.29, 1.82) is 0 Å². The first kappa shape index (κ1) is 27.7. The van der Waals surface area contributed by atoms with E-state index in [2.05, 4.69) is 0 Å². The van der Waals surface area contributed by atoms with Crippen molar-refractivity contribution in [1.82, 2.24) is 0 Å². The predicted molar refractivity (Wildman–Crippen MR) is 142 cm³/mol. The summed E-state index contributed by atoms with van der Waals surface area (Å²) < 4.78 is 29.8. The molecule has 0 aromatic heterocycles. The Kier molecular flexibility index (Phi) is 10.6. The second-order valence-electron chi connectivity index (χ2n) is 8.99. The third-order valence-corrected chi connectivity index (χ3v) is 6.25. The number of carbonyl (C=O) groups is 1. The highest BCUT2D eigenvalue weighted by molar-refractivity contribution is 5.81. The summed E-state index contributed by atoms with van der Waals surface area (Å²) in [5.41, 5.74) is 2.95. The molecule has 7 nitrogen and oxygen atoms in total. The normalized spacial score (nSPS) is 19.1. The van der Waals surface area contributed by atoms with Gasteiger partial charge in [0.15, 0.2) is 0 Å². The van der Waals surface area contributed by atoms with E-state index in [1.165, 1.54) is 13.2 Å².